The molecular formula is C21H30N4O3. The van der Waals surface area contributed by atoms with Crippen LogP contribution in [0, 0.1) is 20.8 Å². The molecule has 1 aromatic carbocycles. The number of ether oxygens (including phenoxy) is 1. The summed E-state index contributed by atoms with van der Waals surface area (Å²) in [6.07, 6.45) is 3.14. The normalized spacial score (nSPS) is 20.2. The fourth-order valence-electron chi connectivity index (χ4n) is 3.49. The van der Waals surface area contributed by atoms with Gasteiger partial charge in [0.25, 0.3) is 0 Å². The lowest BCUT2D eigenvalue weighted by Gasteiger charge is -2.38. The first-order valence-corrected chi connectivity index (χ1v) is 9.69. The molecule has 0 unspecified atom stereocenters. The van der Waals surface area contributed by atoms with Gasteiger partial charge in [0.2, 0.25) is 5.91 Å². The van der Waals surface area contributed by atoms with Gasteiger partial charge < -0.3 is 15.2 Å². The molecule has 1 aliphatic heterocycles. The number of benzene rings is 1. The van der Waals surface area contributed by atoms with Gasteiger partial charge in [0.1, 0.15) is 18.0 Å². The van der Waals surface area contributed by atoms with E-state index in [1.54, 1.807) is 10.9 Å². The summed E-state index contributed by atoms with van der Waals surface area (Å²) in [5.41, 5.74) is 3.05. The Morgan fingerprint density at radius 2 is 2.11 bits per heavy atom. The van der Waals surface area contributed by atoms with E-state index >= 15 is 0 Å². The van der Waals surface area contributed by atoms with Crippen LogP contribution in [0.15, 0.2) is 24.4 Å². The molecule has 1 amide bonds. The lowest BCUT2D eigenvalue weighted by Crippen LogP contribution is -2.53. The summed E-state index contributed by atoms with van der Waals surface area (Å²) in [6, 6.07) is 5.94. The molecule has 0 aliphatic carbocycles. The van der Waals surface area contributed by atoms with E-state index in [1.807, 2.05) is 44.0 Å². The molecule has 3 rings (SSSR count). The number of carbonyl (C=O) groups is 1. The largest absolute Gasteiger partial charge is 0.491 e. The van der Waals surface area contributed by atoms with Crippen molar-refractivity contribution in [1.82, 2.24) is 14.7 Å². The summed E-state index contributed by atoms with van der Waals surface area (Å²) in [7, 11) is 1.84. The van der Waals surface area contributed by atoms with Crippen molar-refractivity contribution in [1.29, 1.82) is 0 Å². The number of anilines is 1. The Morgan fingerprint density at radius 3 is 2.79 bits per heavy atom. The molecule has 1 fully saturated rings. The van der Waals surface area contributed by atoms with E-state index in [-0.39, 0.29) is 19.1 Å². The molecule has 152 valence electrons. The number of hydrogen-bond donors (Lipinski definition) is 2. The van der Waals surface area contributed by atoms with Crippen LogP contribution >= 0.6 is 0 Å². The number of aryl methyl sites for hydroxylation is 3. The van der Waals surface area contributed by atoms with Crippen LogP contribution in [0.4, 0.5) is 5.69 Å². The lowest BCUT2D eigenvalue weighted by atomic mass is 9.93. The molecular weight excluding hydrogens is 356 g/mol. The molecule has 2 N–H and O–H groups in total. The Labute approximate surface area is 166 Å². The van der Waals surface area contributed by atoms with Gasteiger partial charge in [0.05, 0.1) is 24.1 Å². The fourth-order valence-corrected chi connectivity index (χ4v) is 3.49. The van der Waals surface area contributed by atoms with Gasteiger partial charge in [-0.2, -0.15) is 5.10 Å². The third kappa shape index (κ3) is 4.91. The molecule has 1 saturated heterocycles. The summed E-state index contributed by atoms with van der Waals surface area (Å²) in [5.74, 6) is 0.661. The zero-order valence-electron chi connectivity index (χ0n) is 17.2. The highest BCUT2D eigenvalue weighted by Gasteiger charge is 2.34. The second kappa shape index (κ2) is 8.32. The Hall–Kier alpha value is -2.38. The molecule has 0 bridgehead atoms. The molecule has 7 heteroatoms. The predicted molar refractivity (Wildman–Crippen MR) is 109 cm³/mol. The summed E-state index contributed by atoms with van der Waals surface area (Å²) in [5, 5.41) is 18.0. The molecule has 1 aromatic heterocycles. The second-order valence-corrected chi connectivity index (χ2v) is 7.89. The number of β-amino-alcohol motifs (C(OH)–C–C–N with tert-alkyl or cyclic N) is 1. The van der Waals surface area contributed by atoms with Gasteiger partial charge in [-0.1, -0.05) is 6.07 Å². The minimum atomic E-state index is -0.957. The number of nitrogens with one attached hydrogen (secondary N) is 1. The van der Waals surface area contributed by atoms with E-state index in [0.717, 1.165) is 35.7 Å². The van der Waals surface area contributed by atoms with Crippen LogP contribution in [0.3, 0.4) is 0 Å². The lowest BCUT2D eigenvalue weighted by molar-refractivity contribution is -0.119. The minimum absolute atomic E-state index is 0.101. The molecule has 0 radical (unpaired) electrons. The molecule has 0 spiro atoms. The van der Waals surface area contributed by atoms with Crippen molar-refractivity contribution < 1.29 is 14.6 Å². The first kappa shape index (κ1) is 20.4. The number of hydrogen-bond acceptors (Lipinski definition) is 5. The van der Waals surface area contributed by atoms with Crippen LogP contribution in [0.2, 0.25) is 0 Å². The zero-order chi connectivity index (χ0) is 20.3. The number of aliphatic hydroxyl groups is 1. The number of carbonyl (C=O) groups excluding carboxylic acids is 1. The maximum atomic E-state index is 12.4. The van der Waals surface area contributed by atoms with E-state index in [4.69, 9.17) is 4.74 Å². The predicted octanol–water partition coefficient (Wildman–Crippen LogP) is 2.19. The first-order valence-electron chi connectivity index (χ1n) is 9.69. The third-order valence-corrected chi connectivity index (χ3v) is 5.50. The number of likely N-dealkylation sites (tertiary alicyclic amines) is 1. The molecule has 2 aromatic rings. The van der Waals surface area contributed by atoms with Gasteiger partial charge in [0.15, 0.2) is 0 Å². The molecule has 1 aliphatic rings. The molecule has 1 atom stereocenters. The third-order valence-electron chi connectivity index (χ3n) is 5.50. The van der Waals surface area contributed by atoms with Crippen LogP contribution in [0.5, 0.6) is 5.75 Å². The Balaban J connectivity index is 1.54. The highest BCUT2D eigenvalue weighted by atomic mass is 16.5. The quantitative estimate of drug-likeness (QED) is 0.796. The Morgan fingerprint density at radius 1 is 1.32 bits per heavy atom. The summed E-state index contributed by atoms with van der Waals surface area (Å²) in [4.78, 5) is 14.4. The van der Waals surface area contributed by atoms with Crippen LogP contribution in [0.25, 0.3) is 0 Å². The van der Waals surface area contributed by atoms with Gasteiger partial charge in [0, 0.05) is 13.6 Å². The average Bonchev–Trinajstić information content (AvgIpc) is 2.95. The smallest absolute Gasteiger partial charge is 0.238 e. The molecule has 28 heavy (non-hydrogen) atoms. The van der Waals surface area contributed by atoms with E-state index < -0.39 is 5.60 Å². The van der Waals surface area contributed by atoms with Crippen molar-refractivity contribution in [3.05, 3.63) is 41.2 Å². The topological polar surface area (TPSA) is 79.6 Å². The minimum Gasteiger partial charge on any atom is -0.491 e. The van der Waals surface area contributed by atoms with Crippen LogP contribution in [-0.2, 0) is 11.8 Å². The van der Waals surface area contributed by atoms with Crippen LogP contribution < -0.4 is 10.1 Å². The van der Waals surface area contributed by atoms with Crippen molar-refractivity contribution in [3.8, 4) is 5.75 Å². The van der Waals surface area contributed by atoms with E-state index in [0.29, 0.717) is 13.0 Å². The van der Waals surface area contributed by atoms with Crippen molar-refractivity contribution >= 4 is 11.6 Å². The summed E-state index contributed by atoms with van der Waals surface area (Å²) < 4.78 is 7.59. The van der Waals surface area contributed by atoms with Gasteiger partial charge in [-0.3, -0.25) is 14.4 Å². The van der Waals surface area contributed by atoms with Gasteiger partial charge >= 0.3 is 0 Å². The summed E-state index contributed by atoms with van der Waals surface area (Å²) >= 11 is 0. The van der Waals surface area contributed by atoms with Gasteiger partial charge in [-0.05, 0) is 63.4 Å². The second-order valence-electron chi connectivity index (χ2n) is 7.89. The van der Waals surface area contributed by atoms with Crippen LogP contribution in [-0.4, -0.2) is 57.5 Å². The van der Waals surface area contributed by atoms with E-state index in [1.165, 1.54) is 5.56 Å². The maximum Gasteiger partial charge on any atom is 0.238 e. The zero-order valence-corrected chi connectivity index (χ0v) is 17.2. The van der Waals surface area contributed by atoms with Gasteiger partial charge in [-0.15, -0.1) is 0 Å². The highest BCUT2D eigenvalue weighted by molar-refractivity contribution is 5.92. The fraction of sp³-hybridized carbons (Fsp3) is 0.524. The van der Waals surface area contributed by atoms with E-state index in [9.17, 15) is 9.90 Å². The van der Waals surface area contributed by atoms with Crippen molar-refractivity contribution in [2.24, 2.45) is 7.05 Å². The molecule has 0 saturated carbocycles. The standard InChI is InChI=1S/C21H30N4O3/c1-15-6-7-18(10-16(15)2)28-14-21(27)8-5-9-25(13-21)12-20(26)23-19-11-22-24(4)17(19)3/h6-7,10-11,27H,5,8-9,12-14H2,1-4H3,(H,23,26)/t21-/m0/s1. The number of rotatable bonds is 6. The Kier molecular flexibility index (Phi) is 6.05. The van der Waals surface area contributed by atoms with Gasteiger partial charge in [-0.25, -0.2) is 0 Å². The maximum absolute atomic E-state index is 12.4. The number of amides is 1. The van der Waals surface area contributed by atoms with Crippen LogP contribution in [0.1, 0.15) is 29.7 Å². The Bertz CT molecular complexity index is 848. The number of aromatic nitrogens is 2. The van der Waals surface area contributed by atoms with Crippen molar-refractivity contribution in [3.63, 3.8) is 0 Å². The van der Waals surface area contributed by atoms with E-state index in [2.05, 4.69) is 17.3 Å². The summed E-state index contributed by atoms with van der Waals surface area (Å²) in [6.45, 7) is 7.66. The highest BCUT2D eigenvalue weighted by Crippen LogP contribution is 2.24. The SMILES string of the molecule is Cc1ccc(OC[C@]2(O)CCCN(CC(=O)Nc3cnn(C)c3C)C2)cc1C. The van der Waals surface area contributed by atoms with Crippen molar-refractivity contribution in [2.45, 2.75) is 39.2 Å². The first-order chi connectivity index (χ1) is 13.3. The van der Waals surface area contributed by atoms with Crippen molar-refractivity contribution in [2.75, 3.05) is 31.6 Å². The average molecular weight is 386 g/mol. The number of nitrogens with zero attached hydrogens (tertiary/aromatic N) is 3. The monoisotopic (exact) mass is 386 g/mol. The number of piperidine rings is 1. The molecule has 2 heterocycles. The molecule has 7 nitrogen and oxygen atoms in total.